The largest absolute Gasteiger partial charge is 0.392 e. The predicted molar refractivity (Wildman–Crippen MR) is 73.2 cm³/mol. The van der Waals surface area contributed by atoms with Gasteiger partial charge in [0.05, 0.1) is 17.2 Å². The fraction of sp³-hybridized carbons (Fsp3) is 0.538. The van der Waals surface area contributed by atoms with E-state index in [1.54, 1.807) is 0 Å². The molecule has 0 atom stereocenters. The topological polar surface area (TPSA) is 50.2 Å². The van der Waals surface area contributed by atoms with Gasteiger partial charge >= 0.3 is 0 Å². The van der Waals surface area contributed by atoms with Crippen LogP contribution >= 0.6 is 23.2 Å². The average molecular weight is 290 g/mol. The fourth-order valence-corrected chi connectivity index (χ4v) is 2.02. The van der Waals surface area contributed by atoms with Crippen LogP contribution in [-0.4, -0.2) is 15.9 Å². The lowest BCUT2D eigenvalue weighted by molar-refractivity contribution is 0.0965. The SMILES string of the molecule is CC(C)(C)CCC(=O)c1cnc(Cl)c(CO)c1Cl. The minimum absolute atomic E-state index is 0.0752. The molecule has 1 heterocycles. The quantitative estimate of drug-likeness (QED) is 0.676. The van der Waals surface area contributed by atoms with Gasteiger partial charge in [-0.15, -0.1) is 0 Å². The average Bonchev–Trinajstić information content (AvgIpc) is 2.26. The Balaban J connectivity index is 2.94. The van der Waals surface area contributed by atoms with Gasteiger partial charge in [-0.1, -0.05) is 44.0 Å². The molecule has 0 amide bonds. The zero-order chi connectivity index (χ0) is 13.9. The molecule has 5 heteroatoms. The van der Waals surface area contributed by atoms with Crippen LogP contribution in [0.15, 0.2) is 6.20 Å². The Bertz CT molecular complexity index is 453. The van der Waals surface area contributed by atoms with Crippen LogP contribution in [0.3, 0.4) is 0 Å². The number of aliphatic hydroxyl groups is 1. The van der Waals surface area contributed by atoms with Crippen molar-refractivity contribution in [1.29, 1.82) is 0 Å². The summed E-state index contributed by atoms with van der Waals surface area (Å²) in [5, 5.41) is 9.48. The van der Waals surface area contributed by atoms with Gasteiger partial charge in [-0.3, -0.25) is 4.79 Å². The maximum atomic E-state index is 12.0. The van der Waals surface area contributed by atoms with Gasteiger partial charge in [0.25, 0.3) is 0 Å². The van der Waals surface area contributed by atoms with E-state index in [1.807, 2.05) is 0 Å². The fourth-order valence-electron chi connectivity index (χ4n) is 1.46. The molecule has 0 aliphatic carbocycles. The van der Waals surface area contributed by atoms with Gasteiger partial charge in [0.15, 0.2) is 5.78 Å². The molecule has 0 bridgehead atoms. The van der Waals surface area contributed by atoms with Crippen LogP contribution < -0.4 is 0 Å². The number of Topliss-reactive ketones (excluding diaryl/α,β-unsaturated/α-hetero) is 1. The summed E-state index contributed by atoms with van der Waals surface area (Å²) in [6.07, 6.45) is 2.53. The molecule has 1 aromatic heterocycles. The van der Waals surface area contributed by atoms with E-state index in [-0.39, 0.29) is 28.0 Å². The molecule has 1 aromatic rings. The second kappa shape index (κ2) is 6.00. The number of aromatic nitrogens is 1. The minimum atomic E-state index is -0.328. The normalized spacial score (nSPS) is 11.7. The first-order valence-corrected chi connectivity index (χ1v) is 6.49. The number of halogens is 2. The monoisotopic (exact) mass is 289 g/mol. The number of carbonyl (C=O) groups is 1. The molecule has 0 fully saturated rings. The molecule has 0 saturated heterocycles. The molecule has 100 valence electrons. The van der Waals surface area contributed by atoms with E-state index in [1.165, 1.54) is 6.20 Å². The molecule has 0 aliphatic heterocycles. The van der Waals surface area contributed by atoms with Crippen molar-refractivity contribution in [2.75, 3.05) is 0 Å². The van der Waals surface area contributed by atoms with Crippen LogP contribution in [0.1, 0.15) is 49.5 Å². The summed E-state index contributed by atoms with van der Waals surface area (Å²) in [6, 6.07) is 0. The molecule has 1 N–H and O–H groups in total. The third-order valence-corrected chi connectivity index (χ3v) is 3.38. The van der Waals surface area contributed by atoms with E-state index in [0.29, 0.717) is 17.5 Å². The second-order valence-electron chi connectivity index (χ2n) is 5.40. The number of aliphatic hydroxyl groups excluding tert-OH is 1. The van der Waals surface area contributed by atoms with Gasteiger partial charge in [0, 0.05) is 18.2 Å². The molecule has 0 aromatic carbocycles. The van der Waals surface area contributed by atoms with E-state index in [2.05, 4.69) is 25.8 Å². The Labute approximate surface area is 117 Å². The number of hydrogen-bond acceptors (Lipinski definition) is 3. The molecule has 0 saturated carbocycles. The zero-order valence-corrected chi connectivity index (χ0v) is 12.3. The third kappa shape index (κ3) is 3.94. The second-order valence-corrected chi connectivity index (χ2v) is 6.13. The summed E-state index contributed by atoms with van der Waals surface area (Å²) in [7, 11) is 0. The first kappa shape index (κ1) is 15.4. The molecule has 0 spiro atoms. The highest BCUT2D eigenvalue weighted by atomic mass is 35.5. The molecule has 0 aliphatic rings. The van der Waals surface area contributed by atoms with Crippen molar-refractivity contribution < 1.29 is 9.90 Å². The summed E-state index contributed by atoms with van der Waals surface area (Å²) >= 11 is 11.8. The predicted octanol–water partition coefficient (Wildman–Crippen LogP) is 3.89. The van der Waals surface area contributed by atoms with Crippen molar-refractivity contribution in [2.45, 2.75) is 40.2 Å². The minimum Gasteiger partial charge on any atom is -0.392 e. The number of hydrogen-bond donors (Lipinski definition) is 1. The smallest absolute Gasteiger partial charge is 0.165 e. The maximum absolute atomic E-state index is 12.0. The Morgan fingerprint density at radius 1 is 1.39 bits per heavy atom. The van der Waals surface area contributed by atoms with Crippen molar-refractivity contribution in [3.63, 3.8) is 0 Å². The molecule has 18 heavy (non-hydrogen) atoms. The number of ketones is 1. The van der Waals surface area contributed by atoms with Gasteiger partial charge in [-0.05, 0) is 11.8 Å². The number of pyridine rings is 1. The van der Waals surface area contributed by atoms with E-state index >= 15 is 0 Å². The van der Waals surface area contributed by atoms with Gasteiger partial charge in [0.1, 0.15) is 5.15 Å². The Morgan fingerprint density at radius 3 is 2.50 bits per heavy atom. The van der Waals surface area contributed by atoms with Crippen LogP contribution in [0.5, 0.6) is 0 Å². The van der Waals surface area contributed by atoms with Crippen LogP contribution in [0.4, 0.5) is 0 Å². The lowest BCUT2D eigenvalue weighted by Crippen LogP contribution is -2.10. The molecule has 1 rings (SSSR count). The molecular formula is C13H17Cl2NO2. The summed E-state index contributed by atoms with van der Waals surface area (Å²) in [5.74, 6) is -0.0752. The summed E-state index contributed by atoms with van der Waals surface area (Å²) in [5.41, 5.74) is 0.719. The third-order valence-electron chi connectivity index (χ3n) is 2.62. The highest BCUT2D eigenvalue weighted by Gasteiger charge is 2.19. The molecule has 0 unspecified atom stereocenters. The van der Waals surface area contributed by atoms with Crippen molar-refractivity contribution in [3.05, 3.63) is 27.5 Å². The van der Waals surface area contributed by atoms with Crippen LogP contribution in [-0.2, 0) is 6.61 Å². The lowest BCUT2D eigenvalue weighted by atomic mass is 9.88. The van der Waals surface area contributed by atoms with Gasteiger partial charge in [0.2, 0.25) is 0 Å². The van der Waals surface area contributed by atoms with Crippen molar-refractivity contribution >= 4 is 29.0 Å². The van der Waals surface area contributed by atoms with Gasteiger partial charge < -0.3 is 5.11 Å². The van der Waals surface area contributed by atoms with Crippen LogP contribution in [0.25, 0.3) is 0 Å². The number of nitrogens with zero attached hydrogens (tertiary/aromatic N) is 1. The van der Waals surface area contributed by atoms with E-state index in [0.717, 1.165) is 6.42 Å². The summed E-state index contributed by atoms with van der Waals surface area (Å²) in [6.45, 7) is 5.88. The molecular weight excluding hydrogens is 273 g/mol. The number of carbonyl (C=O) groups excluding carboxylic acids is 1. The highest BCUT2D eigenvalue weighted by molar-refractivity contribution is 6.37. The van der Waals surface area contributed by atoms with Crippen molar-refractivity contribution in [2.24, 2.45) is 5.41 Å². The number of rotatable bonds is 4. The van der Waals surface area contributed by atoms with Gasteiger partial charge in [-0.25, -0.2) is 4.98 Å². The standard InChI is InChI=1S/C13H17Cl2NO2/c1-13(2,3)5-4-10(18)8-6-16-12(15)9(7-17)11(8)14/h6,17H,4-5,7H2,1-3H3. The van der Waals surface area contributed by atoms with E-state index in [9.17, 15) is 4.79 Å². The van der Waals surface area contributed by atoms with E-state index in [4.69, 9.17) is 28.3 Å². The molecule has 3 nitrogen and oxygen atoms in total. The summed E-state index contributed by atoms with van der Waals surface area (Å²) in [4.78, 5) is 15.9. The van der Waals surface area contributed by atoms with Crippen molar-refractivity contribution in [3.8, 4) is 0 Å². The lowest BCUT2D eigenvalue weighted by Gasteiger charge is -2.17. The van der Waals surface area contributed by atoms with Gasteiger partial charge in [-0.2, -0.15) is 0 Å². The van der Waals surface area contributed by atoms with E-state index < -0.39 is 0 Å². The zero-order valence-electron chi connectivity index (χ0n) is 10.8. The van der Waals surface area contributed by atoms with Crippen LogP contribution in [0.2, 0.25) is 10.2 Å². The summed E-state index contributed by atoms with van der Waals surface area (Å²) < 4.78 is 0. The maximum Gasteiger partial charge on any atom is 0.165 e. The van der Waals surface area contributed by atoms with Crippen molar-refractivity contribution in [1.82, 2.24) is 4.98 Å². The highest BCUT2D eigenvalue weighted by Crippen LogP contribution is 2.29. The Hall–Kier alpha value is -0.640. The molecule has 0 radical (unpaired) electrons. The van der Waals surface area contributed by atoms with Crippen LogP contribution in [0, 0.1) is 5.41 Å². The first-order chi connectivity index (χ1) is 8.26. The Kier molecular flexibility index (Phi) is 5.14. The Morgan fingerprint density at radius 2 is 2.00 bits per heavy atom. The first-order valence-electron chi connectivity index (χ1n) is 5.73.